The third kappa shape index (κ3) is 5.44. The number of benzene rings is 1. The summed E-state index contributed by atoms with van der Waals surface area (Å²) in [7, 11) is 1.43. The number of amides is 2. The molecule has 2 N–H and O–H groups in total. The molecule has 1 aliphatic rings. The molecule has 1 aromatic carbocycles. The van der Waals surface area contributed by atoms with Crippen LogP contribution in [0, 0.1) is 0 Å². The lowest BCUT2D eigenvalue weighted by atomic mass is 9.85. The molecule has 26 heavy (non-hydrogen) atoms. The Hall–Kier alpha value is -2.12. The number of likely N-dealkylation sites (N-methyl/N-ethyl adjacent to an activating group) is 1. The summed E-state index contributed by atoms with van der Waals surface area (Å²) in [4.78, 5) is 37.2. The summed E-state index contributed by atoms with van der Waals surface area (Å²) in [6.07, 6.45) is 3.16. The van der Waals surface area contributed by atoms with Gasteiger partial charge in [0.1, 0.15) is 0 Å². The van der Waals surface area contributed by atoms with Gasteiger partial charge in [-0.15, -0.1) is 0 Å². The van der Waals surface area contributed by atoms with Crippen molar-refractivity contribution in [3.8, 4) is 0 Å². The number of anilines is 1. The van der Waals surface area contributed by atoms with Crippen molar-refractivity contribution in [1.29, 1.82) is 0 Å². The maximum atomic E-state index is 12.1. The van der Waals surface area contributed by atoms with E-state index in [1.165, 1.54) is 7.05 Å². The molecule has 0 spiro atoms. The molecular weight excluding hydrogens is 360 g/mol. The van der Waals surface area contributed by atoms with Crippen LogP contribution in [0.15, 0.2) is 24.3 Å². The van der Waals surface area contributed by atoms with Crippen LogP contribution in [0.25, 0.3) is 0 Å². The monoisotopic (exact) mass is 382 g/mol. The normalized spacial score (nSPS) is 15.8. The van der Waals surface area contributed by atoms with Gasteiger partial charge < -0.3 is 20.1 Å². The fourth-order valence-electron chi connectivity index (χ4n) is 2.77. The first-order valence-corrected chi connectivity index (χ1v) is 8.87. The molecule has 1 aromatic rings. The average molecular weight is 383 g/mol. The van der Waals surface area contributed by atoms with Gasteiger partial charge in [0.15, 0.2) is 12.2 Å². The minimum atomic E-state index is -1.50. The number of hydrogen-bond acceptors (Lipinski definition) is 5. The zero-order valence-electron chi connectivity index (χ0n) is 14.7. The smallest absolute Gasteiger partial charge is 0.338 e. The first-order chi connectivity index (χ1) is 12.3. The van der Waals surface area contributed by atoms with E-state index in [1.54, 1.807) is 24.3 Å². The van der Waals surface area contributed by atoms with E-state index >= 15 is 0 Å². The van der Waals surface area contributed by atoms with E-state index in [2.05, 4.69) is 5.32 Å². The SMILES string of the molecule is CN(CC(=O)Nc1ccccc1Cl)C(=O)COC(=O)C1(O)CCCCC1. The van der Waals surface area contributed by atoms with Gasteiger partial charge in [-0.3, -0.25) is 9.59 Å². The molecule has 7 nitrogen and oxygen atoms in total. The van der Waals surface area contributed by atoms with Gasteiger partial charge in [-0.1, -0.05) is 30.2 Å². The summed E-state index contributed by atoms with van der Waals surface area (Å²) in [6, 6.07) is 6.75. The quantitative estimate of drug-likeness (QED) is 0.733. The molecule has 0 heterocycles. The number of para-hydroxylation sites is 1. The molecule has 0 bridgehead atoms. The highest BCUT2D eigenvalue weighted by Crippen LogP contribution is 2.29. The number of carbonyl (C=O) groups excluding carboxylic acids is 3. The van der Waals surface area contributed by atoms with Crippen molar-refractivity contribution in [2.75, 3.05) is 25.5 Å². The van der Waals surface area contributed by atoms with Crippen LogP contribution in [0.1, 0.15) is 32.1 Å². The Kier molecular flexibility index (Phi) is 6.99. The molecule has 0 saturated heterocycles. The molecule has 0 aliphatic heterocycles. The van der Waals surface area contributed by atoms with Crippen molar-refractivity contribution < 1.29 is 24.2 Å². The summed E-state index contributed by atoms with van der Waals surface area (Å²) < 4.78 is 4.95. The maximum Gasteiger partial charge on any atom is 0.338 e. The van der Waals surface area contributed by atoms with Crippen LogP contribution in [0.2, 0.25) is 5.02 Å². The number of hydrogen-bond donors (Lipinski definition) is 2. The summed E-state index contributed by atoms with van der Waals surface area (Å²) in [5.74, 6) is -1.74. The third-order valence-electron chi connectivity index (χ3n) is 4.34. The number of aliphatic hydroxyl groups is 1. The van der Waals surface area contributed by atoms with E-state index in [9.17, 15) is 19.5 Å². The minimum Gasteiger partial charge on any atom is -0.453 e. The third-order valence-corrected chi connectivity index (χ3v) is 4.67. The second kappa shape index (κ2) is 9.00. The molecule has 1 fully saturated rings. The van der Waals surface area contributed by atoms with E-state index in [-0.39, 0.29) is 6.54 Å². The molecule has 0 aromatic heterocycles. The predicted molar refractivity (Wildman–Crippen MR) is 96.7 cm³/mol. The van der Waals surface area contributed by atoms with Gasteiger partial charge in [0.2, 0.25) is 5.91 Å². The van der Waals surface area contributed by atoms with Crippen molar-refractivity contribution in [3.05, 3.63) is 29.3 Å². The van der Waals surface area contributed by atoms with Crippen LogP contribution in [0.3, 0.4) is 0 Å². The van der Waals surface area contributed by atoms with Crippen LogP contribution >= 0.6 is 11.6 Å². The first kappa shape index (κ1) is 20.2. The molecule has 142 valence electrons. The summed E-state index contributed by atoms with van der Waals surface area (Å²) in [5, 5.41) is 13.2. The highest BCUT2D eigenvalue weighted by atomic mass is 35.5. The zero-order chi connectivity index (χ0) is 19.2. The second-order valence-corrected chi connectivity index (χ2v) is 6.85. The Morgan fingerprint density at radius 3 is 2.54 bits per heavy atom. The highest BCUT2D eigenvalue weighted by molar-refractivity contribution is 6.33. The molecule has 1 saturated carbocycles. The van der Waals surface area contributed by atoms with Crippen LogP contribution < -0.4 is 5.32 Å². The topological polar surface area (TPSA) is 95.9 Å². The van der Waals surface area contributed by atoms with E-state index in [0.29, 0.717) is 23.6 Å². The molecule has 0 unspecified atom stereocenters. The van der Waals surface area contributed by atoms with Crippen molar-refractivity contribution in [2.24, 2.45) is 0 Å². The van der Waals surface area contributed by atoms with Gasteiger partial charge in [-0.2, -0.15) is 0 Å². The molecule has 2 rings (SSSR count). The number of carbonyl (C=O) groups is 3. The molecule has 2 amide bonds. The number of halogens is 1. The van der Waals surface area contributed by atoms with E-state index in [0.717, 1.165) is 24.2 Å². The van der Waals surface area contributed by atoms with Crippen molar-refractivity contribution in [1.82, 2.24) is 4.90 Å². The lowest BCUT2D eigenvalue weighted by Gasteiger charge is -2.29. The lowest BCUT2D eigenvalue weighted by molar-refractivity contribution is -0.172. The second-order valence-electron chi connectivity index (χ2n) is 6.45. The summed E-state index contributed by atoms with van der Waals surface area (Å²) in [6.45, 7) is -0.733. The standard InChI is InChI=1S/C18H23ClN2O5/c1-21(11-15(22)20-14-8-4-3-7-13(14)19)16(23)12-26-17(24)18(25)9-5-2-6-10-18/h3-4,7-8,25H,2,5-6,9-12H2,1H3,(H,20,22). The highest BCUT2D eigenvalue weighted by Gasteiger charge is 2.39. The van der Waals surface area contributed by atoms with Gasteiger partial charge in [-0.05, 0) is 37.8 Å². The van der Waals surface area contributed by atoms with Gasteiger partial charge in [0.25, 0.3) is 5.91 Å². The van der Waals surface area contributed by atoms with Crippen LogP contribution in [-0.4, -0.2) is 53.6 Å². The van der Waals surface area contributed by atoms with Crippen molar-refractivity contribution >= 4 is 35.1 Å². The van der Waals surface area contributed by atoms with Gasteiger partial charge in [0.05, 0.1) is 17.3 Å². The van der Waals surface area contributed by atoms with E-state index < -0.39 is 30.0 Å². The van der Waals surface area contributed by atoms with Crippen molar-refractivity contribution in [3.63, 3.8) is 0 Å². The molecular formula is C18H23ClN2O5. The van der Waals surface area contributed by atoms with Crippen molar-refractivity contribution in [2.45, 2.75) is 37.7 Å². The predicted octanol–water partition coefficient (Wildman–Crippen LogP) is 1.98. The number of esters is 1. The molecule has 8 heteroatoms. The fourth-order valence-corrected chi connectivity index (χ4v) is 2.95. The Balaban J connectivity index is 1.79. The molecule has 0 atom stereocenters. The number of nitrogens with one attached hydrogen (secondary N) is 1. The first-order valence-electron chi connectivity index (χ1n) is 8.50. The largest absolute Gasteiger partial charge is 0.453 e. The molecule has 1 aliphatic carbocycles. The number of ether oxygens (including phenoxy) is 1. The van der Waals surface area contributed by atoms with Crippen LogP contribution in [-0.2, 0) is 19.1 Å². The zero-order valence-corrected chi connectivity index (χ0v) is 15.4. The van der Waals surface area contributed by atoms with Gasteiger partial charge in [0, 0.05) is 7.05 Å². The van der Waals surface area contributed by atoms with Gasteiger partial charge in [-0.25, -0.2) is 4.79 Å². The number of nitrogens with zero attached hydrogens (tertiary/aromatic N) is 1. The Bertz CT molecular complexity index is 673. The van der Waals surface area contributed by atoms with Crippen LogP contribution in [0.5, 0.6) is 0 Å². The summed E-state index contributed by atoms with van der Waals surface area (Å²) >= 11 is 5.96. The fraction of sp³-hybridized carbons (Fsp3) is 0.500. The Labute approximate surface area is 157 Å². The number of rotatable bonds is 6. The minimum absolute atomic E-state index is 0.216. The van der Waals surface area contributed by atoms with Crippen LogP contribution in [0.4, 0.5) is 5.69 Å². The average Bonchev–Trinajstić information content (AvgIpc) is 2.61. The van der Waals surface area contributed by atoms with E-state index in [4.69, 9.17) is 16.3 Å². The Morgan fingerprint density at radius 2 is 1.88 bits per heavy atom. The lowest BCUT2D eigenvalue weighted by Crippen LogP contribution is -2.44. The molecule has 0 radical (unpaired) electrons. The van der Waals surface area contributed by atoms with Gasteiger partial charge >= 0.3 is 5.97 Å². The van der Waals surface area contributed by atoms with E-state index in [1.807, 2.05) is 0 Å². The summed E-state index contributed by atoms with van der Waals surface area (Å²) in [5.41, 5.74) is -1.05. The Morgan fingerprint density at radius 1 is 1.23 bits per heavy atom. The maximum absolute atomic E-state index is 12.1.